The van der Waals surface area contributed by atoms with Crippen molar-refractivity contribution in [1.29, 1.82) is 0 Å². The Morgan fingerprint density at radius 1 is 1.00 bits per heavy atom. The van der Waals surface area contributed by atoms with E-state index in [0.29, 0.717) is 23.9 Å². The smallest absolute Gasteiger partial charge is 0.169 e. The van der Waals surface area contributed by atoms with E-state index in [1.165, 1.54) is 22.1 Å². The van der Waals surface area contributed by atoms with Gasteiger partial charge in [0.1, 0.15) is 11.5 Å². The molecule has 1 fully saturated rings. The number of phenols is 1. The highest BCUT2D eigenvalue weighted by Crippen LogP contribution is 2.44. The molecule has 0 unspecified atom stereocenters. The van der Waals surface area contributed by atoms with Gasteiger partial charge >= 0.3 is 0 Å². The molecule has 3 aromatic carbocycles. The van der Waals surface area contributed by atoms with Gasteiger partial charge in [-0.3, -0.25) is 4.90 Å². The molecule has 2 heterocycles. The number of methoxy groups -OCH3 is 1. The SMILES string of the molecule is COc1cc(O)c(Oc2ccc(SOCCN3CCOCC3)cc2)cc1-c1cc2ccccc2s1.Cl. The van der Waals surface area contributed by atoms with Crippen LogP contribution in [0.4, 0.5) is 0 Å². The lowest BCUT2D eigenvalue weighted by atomic mass is 10.1. The number of aromatic hydroxyl groups is 1. The molecule has 4 aromatic rings. The molecule has 1 saturated heterocycles. The maximum Gasteiger partial charge on any atom is 0.169 e. The molecule has 0 aliphatic carbocycles. The van der Waals surface area contributed by atoms with Crippen LogP contribution >= 0.6 is 35.8 Å². The summed E-state index contributed by atoms with van der Waals surface area (Å²) in [5.74, 6) is 1.63. The minimum atomic E-state index is 0. The quantitative estimate of drug-likeness (QED) is 0.182. The molecule has 1 aromatic heterocycles. The maximum absolute atomic E-state index is 10.6. The Kier molecular flexibility index (Phi) is 9.36. The summed E-state index contributed by atoms with van der Waals surface area (Å²) in [6.45, 7) is 5.07. The lowest BCUT2D eigenvalue weighted by Crippen LogP contribution is -2.38. The first-order valence-corrected chi connectivity index (χ1v) is 13.0. The van der Waals surface area contributed by atoms with Crippen LogP contribution in [0.3, 0.4) is 0 Å². The van der Waals surface area contributed by atoms with E-state index < -0.39 is 0 Å². The largest absolute Gasteiger partial charge is 0.504 e. The number of nitrogens with zero attached hydrogens (tertiary/aromatic N) is 1. The fourth-order valence-electron chi connectivity index (χ4n) is 3.90. The summed E-state index contributed by atoms with van der Waals surface area (Å²) in [5.41, 5.74) is 0.877. The average molecular weight is 546 g/mol. The Morgan fingerprint density at radius 2 is 1.78 bits per heavy atom. The van der Waals surface area contributed by atoms with Crippen molar-refractivity contribution < 1.29 is 23.5 Å². The third-order valence-electron chi connectivity index (χ3n) is 5.77. The number of ether oxygens (including phenoxy) is 3. The Bertz CT molecular complexity index is 1240. The minimum Gasteiger partial charge on any atom is -0.504 e. The summed E-state index contributed by atoms with van der Waals surface area (Å²) in [4.78, 5) is 4.38. The van der Waals surface area contributed by atoms with Gasteiger partial charge in [0, 0.05) is 57.8 Å². The maximum atomic E-state index is 10.6. The third-order valence-corrected chi connectivity index (χ3v) is 7.67. The van der Waals surface area contributed by atoms with E-state index in [-0.39, 0.29) is 18.2 Å². The van der Waals surface area contributed by atoms with Gasteiger partial charge in [-0.25, -0.2) is 0 Å². The standard InChI is InChI=1S/C27H27NO5S2.ClH/c1-30-24-18-23(29)25(17-22(24)27-16-19-4-2-3-5-26(19)34-27)33-20-6-8-21(9-7-20)35-32-15-12-28-10-13-31-14-11-28;/h2-9,16-18,29H,10-15H2,1H3;1H. The van der Waals surface area contributed by atoms with Crippen LogP contribution in [0.25, 0.3) is 20.5 Å². The normalized spacial score (nSPS) is 13.9. The summed E-state index contributed by atoms with van der Waals surface area (Å²) in [6, 6.07) is 21.4. The summed E-state index contributed by atoms with van der Waals surface area (Å²) in [5, 5.41) is 11.7. The van der Waals surface area contributed by atoms with E-state index in [2.05, 4.69) is 23.1 Å². The van der Waals surface area contributed by atoms with Crippen LogP contribution in [0, 0.1) is 0 Å². The van der Waals surface area contributed by atoms with Crippen LogP contribution < -0.4 is 9.47 Å². The first-order chi connectivity index (χ1) is 17.2. The molecule has 1 N–H and O–H groups in total. The molecule has 36 heavy (non-hydrogen) atoms. The lowest BCUT2D eigenvalue weighted by Gasteiger charge is -2.26. The van der Waals surface area contributed by atoms with Crippen molar-refractivity contribution in [3.8, 4) is 33.4 Å². The van der Waals surface area contributed by atoms with E-state index in [4.69, 9.17) is 18.4 Å². The fraction of sp³-hybridized carbons (Fsp3) is 0.259. The zero-order valence-electron chi connectivity index (χ0n) is 19.8. The first-order valence-electron chi connectivity index (χ1n) is 11.5. The van der Waals surface area contributed by atoms with E-state index in [1.807, 2.05) is 42.5 Å². The van der Waals surface area contributed by atoms with Gasteiger partial charge in [0.25, 0.3) is 0 Å². The number of rotatable bonds is 9. The van der Waals surface area contributed by atoms with Crippen molar-refractivity contribution >= 4 is 45.9 Å². The summed E-state index contributed by atoms with van der Waals surface area (Å²) < 4.78 is 23.9. The van der Waals surface area contributed by atoms with Crippen LogP contribution in [-0.4, -0.2) is 56.6 Å². The highest BCUT2D eigenvalue weighted by atomic mass is 35.5. The van der Waals surface area contributed by atoms with Crippen LogP contribution in [-0.2, 0) is 8.92 Å². The zero-order valence-corrected chi connectivity index (χ0v) is 22.3. The van der Waals surface area contributed by atoms with Crippen LogP contribution in [0.2, 0.25) is 0 Å². The number of hydrogen-bond donors (Lipinski definition) is 1. The number of benzene rings is 3. The van der Waals surface area contributed by atoms with Gasteiger partial charge in [0.2, 0.25) is 0 Å². The van der Waals surface area contributed by atoms with Crippen molar-refractivity contribution in [2.75, 3.05) is 46.6 Å². The highest BCUT2D eigenvalue weighted by molar-refractivity contribution is 7.94. The van der Waals surface area contributed by atoms with Gasteiger partial charge in [-0.1, -0.05) is 18.2 Å². The van der Waals surface area contributed by atoms with Crippen LogP contribution in [0.15, 0.2) is 71.6 Å². The van der Waals surface area contributed by atoms with Gasteiger partial charge in [-0.15, -0.1) is 23.7 Å². The summed E-state index contributed by atoms with van der Waals surface area (Å²) in [7, 11) is 1.60. The molecule has 6 nitrogen and oxygen atoms in total. The van der Waals surface area contributed by atoms with Gasteiger partial charge in [0.15, 0.2) is 11.5 Å². The first kappa shape index (κ1) is 26.6. The van der Waals surface area contributed by atoms with Crippen LogP contribution in [0.5, 0.6) is 23.0 Å². The highest BCUT2D eigenvalue weighted by Gasteiger charge is 2.16. The van der Waals surface area contributed by atoms with E-state index >= 15 is 0 Å². The van der Waals surface area contributed by atoms with Gasteiger partial charge in [0.05, 0.1) is 26.9 Å². The Morgan fingerprint density at radius 3 is 2.53 bits per heavy atom. The molecule has 0 saturated carbocycles. The number of halogens is 1. The topological polar surface area (TPSA) is 60.4 Å². The molecule has 5 rings (SSSR count). The molecule has 0 spiro atoms. The molecule has 0 atom stereocenters. The lowest BCUT2D eigenvalue weighted by molar-refractivity contribution is 0.0333. The number of fused-ring (bicyclic) bond motifs is 1. The molecule has 1 aliphatic rings. The monoisotopic (exact) mass is 545 g/mol. The van der Waals surface area contributed by atoms with E-state index in [0.717, 1.165) is 48.2 Å². The molecular formula is C27H28ClNO5S2. The Labute approximate surface area is 225 Å². The second kappa shape index (κ2) is 12.7. The number of morpholine rings is 1. The van der Waals surface area contributed by atoms with Crippen LogP contribution in [0.1, 0.15) is 0 Å². The molecular weight excluding hydrogens is 518 g/mol. The zero-order chi connectivity index (χ0) is 24.0. The molecule has 0 bridgehead atoms. The second-order valence-electron chi connectivity index (χ2n) is 8.10. The molecule has 0 amide bonds. The average Bonchev–Trinajstić information content (AvgIpc) is 3.33. The Hall–Kier alpha value is -2.46. The predicted octanol–water partition coefficient (Wildman–Crippen LogP) is 6.85. The molecule has 190 valence electrons. The minimum absolute atomic E-state index is 0. The summed E-state index contributed by atoms with van der Waals surface area (Å²) in [6.07, 6.45) is 0. The number of phenolic OH excluding ortho intramolecular Hbond substituents is 1. The predicted molar refractivity (Wildman–Crippen MR) is 148 cm³/mol. The molecule has 9 heteroatoms. The van der Waals surface area contributed by atoms with Gasteiger partial charge in [-0.05, 0) is 47.9 Å². The molecule has 0 radical (unpaired) electrons. The van der Waals surface area contributed by atoms with Crippen molar-refractivity contribution in [1.82, 2.24) is 4.90 Å². The van der Waals surface area contributed by atoms with Gasteiger partial charge in [-0.2, -0.15) is 0 Å². The number of thiophene rings is 1. The summed E-state index contributed by atoms with van der Waals surface area (Å²) >= 11 is 3.03. The van der Waals surface area contributed by atoms with E-state index in [1.54, 1.807) is 24.5 Å². The van der Waals surface area contributed by atoms with Gasteiger partial charge < -0.3 is 23.5 Å². The van der Waals surface area contributed by atoms with Crippen molar-refractivity contribution in [3.05, 3.63) is 66.7 Å². The fourth-order valence-corrected chi connectivity index (χ4v) is 5.52. The van der Waals surface area contributed by atoms with Crippen molar-refractivity contribution in [3.63, 3.8) is 0 Å². The van der Waals surface area contributed by atoms with E-state index in [9.17, 15) is 5.11 Å². The number of hydrogen-bond acceptors (Lipinski definition) is 8. The second-order valence-corrected chi connectivity index (χ2v) is 10.1. The third kappa shape index (κ3) is 6.45. The van der Waals surface area contributed by atoms with Crippen molar-refractivity contribution in [2.24, 2.45) is 0 Å². The molecule has 1 aliphatic heterocycles. The van der Waals surface area contributed by atoms with Crippen molar-refractivity contribution in [2.45, 2.75) is 4.90 Å². The Balaban J connectivity index is 0.00000304.